The van der Waals surface area contributed by atoms with E-state index in [2.05, 4.69) is 62.6 Å². The molecule has 0 aliphatic carbocycles. The molecule has 1 amide bonds. The number of carbonyl (C=O) groups is 1. The van der Waals surface area contributed by atoms with Crippen LogP contribution in [0.5, 0.6) is 0 Å². The molecule has 32 heavy (non-hydrogen) atoms. The maximum atomic E-state index is 11.6. The minimum Gasteiger partial charge on any atom is -0.369 e. The van der Waals surface area contributed by atoms with Crippen molar-refractivity contribution in [1.82, 2.24) is 20.4 Å². The number of anilines is 1. The Balaban J connectivity index is 0.00000363. The van der Waals surface area contributed by atoms with Gasteiger partial charge in [-0.25, -0.2) is 0 Å². The number of nitrogens with zero attached hydrogens (tertiary/aromatic N) is 4. The molecule has 0 bridgehead atoms. The summed E-state index contributed by atoms with van der Waals surface area (Å²) in [6.07, 6.45) is 3.86. The van der Waals surface area contributed by atoms with E-state index in [0.717, 1.165) is 84.1 Å². The Hall–Kier alpha value is -1.55. The van der Waals surface area contributed by atoms with E-state index in [0.29, 0.717) is 12.3 Å². The van der Waals surface area contributed by atoms with Crippen LogP contribution < -0.4 is 15.5 Å². The van der Waals surface area contributed by atoms with Gasteiger partial charge in [0.15, 0.2) is 5.96 Å². The van der Waals surface area contributed by atoms with Crippen LogP contribution in [0.1, 0.15) is 32.6 Å². The molecule has 2 N–H and O–H groups in total. The van der Waals surface area contributed by atoms with Gasteiger partial charge in [-0.05, 0) is 44.2 Å². The third-order valence-electron chi connectivity index (χ3n) is 6.39. The number of nitrogens with one attached hydrogen (secondary N) is 2. The normalized spacial score (nSPS) is 18.2. The Morgan fingerprint density at radius 3 is 2.38 bits per heavy atom. The smallest absolute Gasteiger partial charge is 0.220 e. The molecule has 2 saturated heterocycles. The number of halogens is 1. The van der Waals surface area contributed by atoms with Crippen molar-refractivity contribution in [2.45, 2.75) is 32.6 Å². The Morgan fingerprint density at radius 2 is 1.75 bits per heavy atom. The van der Waals surface area contributed by atoms with Crippen LogP contribution in [0.15, 0.2) is 35.3 Å². The zero-order valence-corrected chi connectivity index (χ0v) is 22.1. The van der Waals surface area contributed by atoms with Crippen LogP contribution >= 0.6 is 24.0 Å². The Kier molecular flexibility index (Phi) is 12.2. The highest BCUT2D eigenvalue weighted by atomic mass is 127. The quantitative estimate of drug-likeness (QED) is 0.223. The number of benzene rings is 1. The number of piperidine rings is 1. The second-order valence-electron chi connectivity index (χ2n) is 8.56. The number of guanidine groups is 1. The number of hydrogen-bond donors (Lipinski definition) is 2. The molecule has 7 nitrogen and oxygen atoms in total. The lowest BCUT2D eigenvalue weighted by Crippen LogP contribution is -2.47. The van der Waals surface area contributed by atoms with E-state index in [1.54, 1.807) is 7.05 Å². The monoisotopic (exact) mass is 556 g/mol. The van der Waals surface area contributed by atoms with Crippen molar-refractivity contribution in [1.29, 1.82) is 0 Å². The lowest BCUT2D eigenvalue weighted by molar-refractivity contribution is -0.121. The molecule has 2 aliphatic rings. The highest BCUT2D eigenvalue weighted by Crippen LogP contribution is 2.20. The summed E-state index contributed by atoms with van der Waals surface area (Å²) in [5.41, 5.74) is 1.33. The van der Waals surface area contributed by atoms with Crippen molar-refractivity contribution in [3.8, 4) is 0 Å². The molecular weight excluding hydrogens is 515 g/mol. The molecule has 0 aromatic heterocycles. The van der Waals surface area contributed by atoms with Gasteiger partial charge >= 0.3 is 0 Å². The summed E-state index contributed by atoms with van der Waals surface area (Å²) in [5.74, 6) is 1.69. The van der Waals surface area contributed by atoms with Crippen molar-refractivity contribution in [3.05, 3.63) is 30.3 Å². The standard InChI is InChI=1S/C24H40N6O.HI/c1-3-26-24(30-14-10-21(11-15-30)20-23(31)25-2)27-12-7-13-28-16-18-29(19-17-28)22-8-5-4-6-9-22;/h4-6,8-9,21H,3,7,10-20H2,1-2H3,(H,25,31)(H,26,27);1H. The Bertz CT molecular complexity index is 685. The summed E-state index contributed by atoms with van der Waals surface area (Å²) in [4.78, 5) is 23.9. The fraction of sp³-hybridized carbons (Fsp3) is 0.667. The molecule has 2 fully saturated rings. The summed E-state index contributed by atoms with van der Waals surface area (Å²) < 4.78 is 0. The second kappa shape index (κ2) is 14.6. The van der Waals surface area contributed by atoms with Gasteiger partial charge in [-0.15, -0.1) is 24.0 Å². The third-order valence-corrected chi connectivity index (χ3v) is 6.39. The molecule has 2 aliphatic heterocycles. The number of para-hydroxylation sites is 1. The lowest BCUT2D eigenvalue weighted by Gasteiger charge is -2.36. The topological polar surface area (TPSA) is 63.2 Å². The predicted molar refractivity (Wildman–Crippen MR) is 144 cm³/mol. The summed E-state index contributed by atoms with van der Waals surface area (Å²) in [6, 6.07) is 10.7. The molecule has 2 heterocycles. The molecule has 0 radical (unpaired) electrons. The minimum atomic E-state index is 0. The maximum Gasteiger partial charge on any atom is 0.220 e. The number of likely N-dealkylation sites (tertiary alicyclic amines) is 1. The van der Waals surface area contributed by atoms with E-state index >= 15 is 0 Å². The van der Waals surface area contributed by atoms with Crippen LogP contribution in [0.3, 0.4) is 0 Å². The number of rotatable bonds is 8. The van der Waals surface area contributed by atoms with E-state index in [4.69, 9.17) is 4.99 Å². The van der Waals surface area contributed by atoms with E-state index in [1.165, 1.54) is 5.69 Å². The average Bonchev–Trinajstić information content (AvgIpc) is 2.82. The molecule has 1 aromatic rings. The molecule has 3 rings (SSSR count). The van der Waals surface area contributed by atoms with Crippen molar-refractivity contribution >= 4 is 41.5 Å². The average molecular weight is 557 g/mol. The van der Waals surface area contributed by atoms with Crippen LogP contribution in [0.25, 0.3) is 0 Å². The van der Waals surface area contributed by atoms with Crippen LogP contribution in [0.2, 0.25) is 0 Å². The van der Waals surface area contributed by atoms with Crippen LogP contribution in [0.4, 0.5) is 5.69 Å². The summed E-state index contributed by atoms with van der Waals surface area (Å²) in [7, 11) is 1.72. The first-order valence-electron chi connectivity index (χ1n) is 12.0. The van der Waals surface area contributed by atoms with Gasteiger partial charge in [0.25, 0.3) is 0 Å². The minimum absolute atomic E-state index is 0. The van der Waals surface area contributed by atoms with Gasteiger partial charge in [0.05, 0.1) is 0 Å². The SMILES string of the molecule is CCNC(=NCCCN1CCN(c2ccccc2)CC1)N1CCC(CC(=O)NC)CC1.I. The fourth-order valence-electron chi connectivity index (χ4n) is 4.49. The van der Waals surface area contributed by atoms with E-state index in [1.807, 2.05) is 0 Å². The van der Waals surface area contributed by atoms with Gasteiger partial charge < -0.3 is 20.4 Å². The number of piperazine rings is 1. The van der Waals surface area contributed by atoms with Crippen molar-refractivity contribution in [2.24, 2.45) is 10.9 Å². The van der Waals surface area contributed by atoms with Gasteiger partial charge in [-0.1, -0.05) is 18.2 Å². The first-order chi connectivity index (χ1) is 15.2. The zero-order valence-electron chi connectivity index (χ0n) is 19.8. The van der Waals surface area contributed by atoms with Gasteiger partial charge in [-0.3, -0.25) is 14.7 Å². The van der Waals surface area contributed by atoms with Crippen LogP contribution in [-0.4, -0.2) is 87.6 Å². The summed E-state index contributed by atoms with van der Waals surface area (Å²) in [6.45, 7) is 11.4. The predicted octanol–water partition coefficient (Wildman–Crippen LogP) is 2.63. The van der Waals surface area contributed by atoms with E-state index in [-0.39, 0.29) is 29.9 Å². The van der Waals surface area contributed by atoms with Gasteiger partial charge in [0, 0.05) is 78.1 Å². The molecule has 0 spiro atoms. The van der Waals surface area contributed by atoms with E-state index in [9.17, 15) is 4.79 Å². The van der Waals surface area contributed by atoms with Crippen LogP contribution in [-0.2, 0) is 4.79 Å². The first-order valence-corrected chi connectivity index (χ1v) is 12.0. The second-order valence-corrected chi connectivity index (χ2v) is 8.56. The molecule has 0 saturated carbocycles. The van der Waals surface area contributed by atoms with Gasteiger partial charge in [-0.2, -0.15) is 0 Å². The summed E-state index contributed by atoms with van der Waals surface area (Å²) in [5, 5.41) is 6.20. The van der Waals surface area contributed by atoms with Crippen LogP contribution in [0, 0.1) is 5.92 Å². The number of hydrogen-bond acceptors (Lipinski definition) is 4. The Morgan fingerprint density at radius 1 is 1.06 bits per heavy atom. The highest BCUT2D eigenvalue weighted by Gasteiger charge is 2.23. The summed E-state index contributed by atoms with van der Waals surface area (Å²) >= 11 is 0. The van der Waals surface area contributed by atoms with Crippen molar-refractivity contribution in [2.75, 3.05) is 70.9 Å². The molecule has 0 atom stereocenters. The number of carbonyl (C=O) groups excluding carboxylic acids is 1. The molecule has 0 unspecified atom stereocenters. The first kappa shape index (κ1) is 26.7. The molecule has 1 aromatic carbocycles. The molecular formula is C24H41IN6O. The number of aliphatic imine (C=N–C) groups is 1. The van der Waals surface area contributed by atoms with Crippen molar-refractivity contribution in [3.63, 3.8) is 0 Å². The highest BCUT2D eigenvalue weighted by molar-refractivity contribution is 14.0. The third kappa shape index (κ3) is 8.42. The van der Waals surface area contributed by atoms with Gasteiger partial charge in [0.2, 0.25) is 5.91 Å². The lowest BCUT2D eigenvalue weighted by atomic mass is 9.93. The zero-order chi connectivity index (χ0) is 21.9. The largest absolute Gasteiger partial charge is 0.369 e. The van der Waals surface area contributed by atoms with E-state index < -0.39 is 0 Å². The number of amides is 1. The Labute approximate surface area is 211 Å². The maximum absolute atomic E-state index is 11.6. The molecule has 180 valence electrons. The fourth-order valence-corrected chi connectivity index (χ4v) is 4.49. The molecule has 8 heteroatoms. The van der Waals surface area contributed by atoms with Crippen molar-refractivity contribution < 1.29 is 4.79 Å². The van der Waals surface area contributed by atoms with Gasteiger partial charge in [0.1, 0.15) is 0 Å².